The largest absolute Gasteiger partial charge is 0.478 e. The second-order valence-electron chi connectivity index (χ2n) is 9.04. The second kappa shape index (κ2) is 10.1. The van der Waals surface area contributed by atoms with Crippen LogP contribution in [-0.2, 0) is 6.54 Å². The lowest BCUT2D eigenvalue weighted by atomic mass is 10.1. The zero-order valence-electron chi connectivity index (χ0n) is 20.4. The monoisotopic (exact) mass is 556 g/mol. The molecular formula is C29H25BrN4O3. The van der Waals surface area contributed by atoms with E-state index in [-0.39, 0.29) is 17.0 Å². The van der Waals surface area contributed by atoms with Gasteiger partial charge in [-0.2, -0.15) is 9.78 Å². The van der Waals surface area contributed by atoms with E-state index >= 15 is 0 Å². The maximum absolute atomic E-state index is 13.5. The van der Waals surface area contributed by atoms with Gasteiger partial charge in [0.25, 0.3) is 5.56 Å². The van der Waals surface area contributed by atoms with Crippen molar-refractivity contribution >= 4 is 49.9 Å². The van der Waals surface area contributed by atoms with Crippen molar-refractivity contribution in [3.05, 3.63) is 110 Å². The lowest BCUT2D eigenvalue weighted by Crippen LogP contribution is -2.23. The molecule has 5 aromatic rings. The van der Waals surface area contributed by atoms with Crippen LogP contribution in [0.5, 0.6) is 0 Å². The number of nitrogens with zero attached hydrogens (tertiary/aromatic N) is 4. The number of hydrogen-bond acceptors (Lipinski definition) is 4. The highest BCUT2D eigenvalue weighted by Gasteiger charge is 2.16. The molecule has 1 N–H and O–H groups in total. The number of aromatic carboxylic acids is 1. The van der Waals surface area contributed by atoms with Gasteiger partial charge in [0, 0.05) is 39.6 Å². The van der Waals surface area contributed by atoms with Gasteiger partial charge >= 0.3 is 5.97 Å². The van der Waals surface area contributed by atoms with Gasteiger partial charge in [0.1, 0.15) is 5.82 Å². The minimum Gasteiger partial charge on any atom is -0.478 e. The van der Waals surface area contributed by atoms with Crippen LogP contribution >= 0.6 is 15.9 Å². The third kappa shape index (κ3) is 4.84. The lowest BCUT2D eigenvalue weighted by Gasteiger charge is -2.13. The molecule has 7 nitrogen and oxygen atoms in total. The molecule has 0 amide bonds. The minimum absolute atomic E-state index is 0.0424. The standard InChI is InChI=1S/C29H25BrN4O3/c1-3-18(2)27-32-25-12-11-22(30)14-24(25)28(35)34(27)31-15-21-17-33(26-10-5-4-9-23(21)26)16-19-7-6-8-20(13-19)29(36)37/h4-15,17-18H,3,16H2,1-2H3,(H,36,37)/t18-/m1/s1. The summed E-state index contributed by atoms with van der Waals surface area (Å²) in [5.41, 5.74) is 3.40. The Balaban J connectivity index is 1.60. The number of aromatic nitrogens is 3. The van der Waals surface area contributed by atoms with E-state index in [0.717, 1.165) is 32.9 Å². The third-order valence-electron chi connectivity index (χ3n) is 6.55. The van der Waals surface area contributed by atoms with Gasteiger partial charge in [0.05, 0.1) is 22.7 Å². The molecule has 0 aliphatic rings. The fourth-order valence-electron chi connectivity index (χ4n) is 4.41. The molecule has 2 heterocycles. The number of rotatable bonds is 7. The topological polar surface area (TPSA) is 89.5 Å². The van der Waals surface area contributed by atoms with Gasteiger partial charge in [-0.25, -0.2) is 9.78 Å². The Hall–Kier alpha value is -4.04. The molecule has 0 bridgehead atoms. The number of benzene rings is 3. The first-order chi connectivity index (χ1) is 17.9. The van der Waals surface area contributed by atoms with E-state index in [4.69, 9.17) is 4.98 Å². The molecule has 186 valence electrons. The number of carbonyl (C=O) groups is 1. The Morgan fingerprint density at radius 1 is 1.11 bits per heavy atom. The van der Waals surface area contributed by atoms with Gasteiger partial charge < -0.3 is 9.67 Å². The van der Waals surface area contributed by atoms with Crippen LogP contribution in [0.1, 0.15) is 53.5 Å². The Labute approximate surface area is 221 Å². The van der Waals surface area contributed by atoms with Crippen LogP contribution in [-0.4, -0.2) is 31.5 Å². The molecule has 37 heavy (non-hydrogen) atoms. The van der Waals surface area contributed by atoms with E-state index in [2.05, 4.69) is 32.5 Å². The number of hydrogen-bond donors (Lipinski definition) is 1. The van der Waals surface area contributed by atoms with Gasteiger partial charge in [-0.05, 0) is 48.4 Å². The molecule has 0 spiro atoms. The molecule has 0 saturated carbocycles. The van der Waals surface area contributed by atoms with Crippen LogP contribution in [0.15, 0.2) is 87.3 Å². The summed E-state index contributed by atoms with van der Waals surface area (Å²) in [7, 11) is 0. The summed E-state index contributed by atoms with van der Waals surface area (Å²) in [6, 6.07) is 20.4. The minimum atomic E-state index is -0.953. The summed E-state index contributed by atoms with van der Waals surface area (Å²) in [6.45, 7) is 4.60. The van der Waals surface area contributed by atoms with Gasteiger partial charge in [0.2, 0.25) is 0 Å². The van der Waals surface area contributed by atoms with E-state index in [9.17, 15) is 14.7 Å². The number of fused-ring (bicyclic) bond motifs is 2. The molecule has 3 aromatic carbocycles. The smallest absolute Gasteiger partial charge is 0.335 e. The molecular weight excluding hydrogens is 532 g/mol. The summed E-state index contributed by atoms with van der Waals surface area (Å²) >= 11 is 3.45. The van der Waals surface area contributed by atoms with Gasteiger partial charge in [-0.1, -0.05) is 60.1 Å². The Morgan fingerprint density at radius 2 is 1.92 bits per heavy atom. The van der Waals surface area contributed by atoms with Crippen molar-refractivity contribution in [3.8, 4) is 0 Å². The predicted molar refractivity (Wildman–Crippen MR) is 150 cm³/mol. The average Bonchev–Trinajstić information content (AvgIpc) is 3.25. The van der Waals surface area contributed by atoms with Crippen molar-refractivity contribution in [3.63, 3.8) is 0 Å². The predicted octanol–water partition coefficient (Wildman–Crippen LogP) is 6.26. The van der Waals surface area contributed by atoms with Crippen molar-refractivity contribution in [2.24, 2.45) is 5.10 Å². The van der Waals surface area contributed by atoms with Gasteiger partial charge in [-0.15, -0.1) is 0 Å². The number of para-hydroxylation sites is 1. The first-order valence-corrected chi connectivity index (χ1v) is 12.8. The Morgan fingerprint density at radius 3 is 2.70 bits per heavy atom. The molecule has 0 radical (unpaired) electrons. The first kappa shape index (κ1) is 24.6. The maximum Gasteiger partial charge on any atom is 0.335 e. The molecule has 0 fully saturated rings. The van der Waals surface area contributed by atoms with Crippen molar-refractivity contribution in [1.82, 2.24) is 14.2 Å². The van der Waals surface area contributed by atoms with E-state index in [1.807, 2.05) is 55.6 Å². The summed E-state index contributed by atoms with van der Waals surface area (Å²) in [6.07, 6.45) is 4.49. The Kier molecular flexibility index (Phi) is 6.76. The molecule has 1 atom stereocenters. The molecule has 0 aliphatic carbocycles. The van der Waals surface area contributed by atoms with Gasteiger partial charge in [0.15, 0.2) is 0 Å². The van der Waals surface area contributed by atoms with E-state index in [0.29, 0.717) is 23.3 Å². The van der Waals surface area contributed by atoms with Crippen LogP contribution in [0.4, 0.5) is 0 Å². The van der Waals surface area contributed by atoms with Crippen molar-refractivity contribution in [2.45, 2.75) is 32.7 Å². The Bertz CT molecular complexity index is 1740. The quantitative estimate of drug-likeness (QED) is 0.240. The van der Waals surface area contributed by atoms with E-state index < -0.39 is 5.97 Å². The van der Waals surface area contributed by atoms with Crippen LogP contribution in [0.2, 0.25) is 0 Å². The van der Waals surface area contributed by atoms with Crippen LogP contribution < -0.4 is 5.56 Å². The van der Waals surface area contributed by atoms with Gasteiger partial charge in [-0.3, -0.25) is 4.79 Å². The molecule has 0 saturated heterocycles. The SMILES string of the molecule is CC[C@@H](C)c1nc2ccc(Br)cc2c(=O)n1N=Cc1cn(Cc2cccc(C(=O)O)c2)c2ccccc12. The molecule has 5 rings (SSSR count). The molecule has 0 aliphatic heterocycles. The van der Waals surface area contributed by atoms with Crippen LogP contribution in [0, 0.1) is 0 Å². The summed E-state index contributed by atoms with van der Waals surface area (Å²) in [4.78, 5) is 29.7. The highest BCUT2D eigenvalue weighted by molar-refractivity contribution is 9.10. The zero-order chi connectivity index (χ0) is 26.1. The number of halogens is 1. The van der Waals surface area contributed by atoms with Crippen molar-refractivity contribution in [2.75, 3.05) is 0 Å². The third-order valence-corrected chi connectivity index (χ3v) is 7.04. The summed E-state index contributed by atoms with van der Waals surface area (Å²) in [5.74, 6) is -0.292. The first-order valence-electron chi connectivity index (χ1n) is 12.0. The second-order valence-corrected chi connectivity index (χ2v) is 9.95. The van der Waals surface area contributed by atoms with Crippen molar-refractivity contribution < 1.29 is 9.90 Å². The van der Waals surface area contributed by atoms with Crippen molar-refractivity contribution in [1.29, 1.82) is 0 Å². The fourth-order valence-corrected chi connectivity index (χ4v) is 4.77. The molecule has 2 aromatic heterocycles. The van der Waals surface area contributed by atoms with Crippen LogP contribution in [0.25, 0.3) is 21.8 Å². The zero-order valence-corrected chi connectivity index (χ0v) is 22.0. The summed E-state index contributed by atoms with van der Waals surface area (Å²) in [5, 5.41) is 15.5. The highest BCUT2D eigenvalue weighted by atomic mass is 79.9. The number of carboxylic acids is 1. The normalized spacial score (nSPS) is 12.5. The van der Waals surface area contributed by atoms with E-state index in [1.54, 1.807) is 30.5 Å². The van der Waals surface area contributed by atoms with Crippen LogP contribution in [0.3, 0.4) is 0 Å². The molecule has 0 unspecified atom stereocenters. The highest BCUT2D eigenvalue weighted by Crippen LogP contribution is 2.23. The lowest BCUT2D eigenvalue weighted by molar-refractivity contribution is 0.0696. The van der Waals surface area contributed by atoms with E-state index in [1.165, 1.54) is 4.68 Å². The fraction of sp³-hybridized carbons (Fsp3) is 0.172. The number of carboxylic acid groups (broad SMARTS) is 1. The maximum atomic E-state index is 13.5. The average molecular weight is 557 g/mol. The summed E-state index contributed by atoms with van der Waals surface area (Å²) < 4.78 is 4.28. The molecule has 8 heteroatoms.